The van der Waals surface area contributed by atoms with E-state index in [1.165, 1.54) is 38.5 Å². The Morgan fingerprint density at radius 1 is 0.714 bits per heavy atom. The first kappa shape index (κ1) is 11.8. The van der Waals surface area contributed by atoms with Gasteiger partial charge in [0.25, 0.3) is 0 Å². The van der Waals surface area contributed by atoms with E-state index in [0.29, 0.717) is 21.3 Å². The summed E-state index contributed by atoms with van der Waals surface area (Å²) < 4.78 is 0. The van der Waals surface area contributed by atoms with Crippen molar-refractivity contribution in [1.82, 2.24) is 0 Å². The van der Waals surface area contributed by atoms with E-state index in [0.717, 1.165) is 0 Å². The zero-order chi connectivity index (χ0) is 9.97. The van der Waals surface area contributed by atoms with Crippen LogP contribution in [0.5, 0.6) is 0 Å². The SMILES string of the molecule is ClC1CCCC1SSC1CCCC1Cl. The molecule has 0 aromatic carbocycles. The Morgan fingerprint density at radius 3 is 1.43 bits per heavy atom. The fourth-order valence-electron chi connectivity index (χ4n) is 2.12. The molecule has 2 aliphatic carbocycles. The molecule has 0 spiro atoms. The average Bonchev–Trinajstić information content (AvgIpc) is 2.72. The first-order valence-corrected chi connectivity index (χ1v) is 8.52. The van der Waals surface area contributed by atoms with E-state index < -0.39 is 0 Å². The van der Waals surface area contributed by atoms with Gasteiger partial charge in [0.05, 0.1) is 0 Å². The van der Waals surface area contributed by atoms with Crippen molar-refractivity contribution < 1.29 is 0 Å². The van der Waals surface area contributed by atoms with Gasteiger partial charge in [0, 0.05) is 21.3 Å². The first-order valence-electron chi connectivity index (χ1n) is 5.37. The standard InChI is InChI=1S/C10H16Cl2S2/c11-7-3-1-5-9(7)13-14-10-6-2-4-8(10)12/h7-10H,1-6H2. The summed E-state index contributed by atoms with van der Waals surface area (Å²) in [5.74, 6) is 0. The lowest BCUT2D eigenvalue weighted by Crippen LogP contribution is -2.11. The van der Waals surface area contributed by atoms with Crippen LogP contribution in [0.4, 0.5) is 0 Å². The molecule has 4 unspecified atom stereocenters. The number of rotatable bonds is 3. The molecule has 0 N–H and O–H groups in total. The van der Waals surface area contributed by atoms with Gasteiger partial charge in [-0.25, -0.2) is 0 Å². The molecule has 0 aliphatic heterocycles. The molecule has 0 amide bonds. The summed E-state index contributed by atoms with van der Waals surface area (Å²) in [7, 11) is 3.99. The van der Waals surface area contributed by atoms with Crippen molar-refractivity contribution in [1.29, 1.82) is 0 Å². The van der Waals surface area contributed by atoms with Crippen LogP contribution in [-0.2, 0) is 0 Å². The largest absolute Gasteiger partial charge is 0.122 e. The van der Waals surface area contributed by atoms with Gasteiger partial charge >= 0.3 is 0 Å². The maximum absolute atomic E-state index is 6.23. The zero-order valence-electron chi connectivity index (χ0n) is 8.12. The van der Waals surface area contributed by atoms with Crippen molar-refractivity contribution in [2.45, 2.75) is 59.8 Å². The number of halogens is 2. The van der Waals surface area contributed by atoms with Crippen molar-refractivity contribution in [2.24, 2.45) is 0 Å². The van der Waals surface area contributed by atoms with Crippen LogP contribution < -0.4 is 0 Å². The molecule has 2 rings (SSSR count). The van der Waals surface area contributed by atoms with Crippen molar-refractivity contribution in [3.63, 3.8) is 0 Å². The maximum Gasteiger partial charge on any atom is 0.0463 e. The molecule has 0 nitrogen and oxygen atoms in total. The second kappa shape index (κ2) is 5.56. The van der Waals surface area contributed by atoms with Crippen LogP contribution in [0.25, 0.3) is 0 Å². The third kappa shape index (κ3) is 2.90. The van der Waals surface area contributed by atoms with Gasteiger partial charge in [0.1, 0.15) is 0 Å². The highest BCUT2D eigenvalue weighted by Gasteiger charge is 2.30. The van der Waals surface area contributed by atoms with Gasteiger partial charge in [-0.3, -0.25) is 0 Å². The molecular weight excluding hydrogens is 255 g/mol. The van der Waals surface area contributed by atoms with Gasteiger partial charge in [-0.15, -0.1) is 23.2 Å². The van der Waals surface area contributed by atoms with Crippen molar-refractivity contribution in [3.8, 4) is 0 Å². The van der Waals surface area contributed by atoms with Gasteiger partial charge in [-0.05, 0) is 25.7 Å². The van der Waals surface area contributed by atoms with E-state index in [1.54, 1.807) is 0 Å². The van der Waals surface area contributed by atoms with Gasteiger partial charge in [-0.1, -0.05) is 34.4 Å². The van der Waals surface area contributed by atoms with Gasteiger partial charge in [-0.2, -0.15) is 0 Å². The third-order valence-corrected chi connectivity index (χ3v) is 7.94. The van der Waals surface area contributed by atoms with E-state index in [-0.39, 0.29) is 0 Å². The Hall–Kier alpha value is 1.28. The molecule has 0 radical (unpaired) electrons. The molecule has 0 bridgehead atoms. The van der Waals surface area contributed by atoms with Gasteiger partial charge in [0.2, 0.25) is 0 Å². The fourth-order valence-corrected chi connectivity index (χ4v) is 6.92. The summed E-state index contributed by atoms with van der Waals surface area (Å²) >= 11 is 12.5. The Balaban J connectivity index is 1.71. The summed E-state index contributed by atoms with van der Waals surface area (Å²) in [4.78, 5) is 0. The topological polar surface area (TPSA) is 0 Å². The summed E-state index contributed by atoms with van der Waals surface area (Å²) in [6, 6.07) is 0. The third-order valence-electron chi connectivity index (χ3n) is 3.05. The fraction of sp³-hybridized carbons (Fsp3) is 1.00. The highest BCUT2D eigenvalue weighted by Crippen LogP contribution is 2.46. The molecule has 4 heteroatoms. The lowest BCUT2D eigenvalue weighted by atomic mass is 10.4. The second-order valence-corrected chi connectivity index (χ2v) is 8.03. The normalized spacial score (nSPS) is 43.3. The van der Waals surface area contributed by atoms with Crippen molar-refractivity contribution in [2.75, 3.05) is 0 Å². The van der Waals surface area contributed by atoms with Crippen LogP contribution >= 0.6 is 44.8 Å². The minimum absolute atomic E-state index is 0.405. The Kier molecular flexibility index (Phi) is 4.67. The molecule has 4 atom stereocenters. The highest BCUT2D eigenvalue weighted by molar-refractivity contribution is 8.77. The number of hydrogen-bond donors (Lipinski definition) is 0. The Morgan fingerprint density at radius 2 is 1.14 bits per heavy atom. The summed E-state index contributed by atoms with van der Waals surface area (Å²) in [5, 5.41) is 2.16. The molecule has 14 heavy (non-hydrogen) atoms. The molecule has 0 aromatic rings. The first-order chi connectivity index (χ1) is 6.77. The van der Waals surface area contributed by atoms with Crippen LogP contribution in [-0.4, -0.2) is 21.3 Å². The molecule has 0 aromatic heterocycles. The monoisotopic (exact) mass is 270 g/mol. The Bertz CT molecular complexity index is 169. The molecule has 2 aliphatic rings. The molecule has 0 saturated heterocycles. The minimum atomic E-state index is 0.405. The highest BCUT2D eigenvalue weighted by atomic mass is 35.5. The molecule has 82 valence electrons. The van der Waals surface area contributed by atoms with Crippen LogP contribution in [0.3, 0.4) is 0 Å². The van der Waals surface area contributed by atoms with Gasteiger partial charge < -0.3 is 0 Å². The zero-order valence-corrected chi connectivity index (χ0v) is 11.3. The number of alkyl halides is 2. The predicted octanol–water partition coefficient (Wildman–Crippen LogP) is 4.69. The summed E-state index contributed by atoms with van der Waals surface area (Å²) in [6.07, 6.45) is 7.61. The van der Waals surface area contributed by atoms with Crippen molar-refractivity contribution >= 4 is 44.8 Å². The van der Waals surface area contributed by atoms with E-state index in [4.69, 9.17) is 23.2 Å². The average molecular weight is 271 g/mol. The van der Waals surface area contributed by atoms with E-state index in [1.807, 2.05) is 21.6 Å². The Labute approximate surface area is 104 Å². The lowest BCUT2D eigenvalue weighted by molar-refractivity contribution is 0.888. The predicted molar refractivity (Wildman–Crippen MR) is 69.7 cm³/mol. The summed E-state index contributed by atoms with van der Waals surface area (Å²) in [6.45, 7) is 0. The maximum atomic E-state index is 6.23. The summed E-state index contributed by atoms with van der Waals surface area (Å²) in [5.41, 5.74) is 0. The van der Waals surface area contributed by atoms with Crippen LogP contribution in [0, 0.1) is 0 Å². The number of hydrogen-bond acceptors (Lipinski definition) is 2. The lowest BCUT2D eigenvalue weighted by Gasteiger charge is -2.17. The van der Waals surface area contributed by atoms with E-state index >= 15 is 0 Å². The van der Waals surface area contributed by atoms with E-state index in [2.05, 4.69) is 0 Å². The van der Waals surface area contributed by atoms with Crippen LogP contribution in [0.2, 0.25) is 0 Å². The molecule has 2 fully saturated rings. The second-order valence-electron chi connectivity index (χ2n) is 4.16. The molecule has 2 saturated carbocycles. The quantitative estimate of drug-likeness (QED) is 0.539. The van der Waals surface area contributed by atoms with Crippen LogP contribution in [0.15, 0.2) is 0 Å². The van der Waals surface area contributed by atoms with Gasteiger partial charge in [0.15, 0.2) is 0 Å². The molecule has 0 heterocycles. The minimum Gasteiger partial charge on any atom is -0.122 e. The molecular formula is C10H16Cl2S2. The smallest absolute Gasteiger partial charge is 0.0463 e. The van der Waals surface area contributed by atoms with E-state index in [9.17, 15) is 0 Å². The van der Waals surface area contributed by atoms with Crippen molar-refractivity contribution in [3.05, 3.63) is 0 Å². The van der Waals surface area contributed by atoms with Crippen LogP contribution in [0.1, 0.15) is 38.5 Å².